The van der Waals surface area contributed by atoms with Crippen molar-refractivity contribution in [3.63, 3.8) is 0 Å². The van der Waals surface area contributed by atoms with Crippen LogP contribution in [-0.4, -0.2) is 55.5 Å². The summed E-state index contributed by atoms with van der Waals surface area (Å²) >= 11 is 0. The number of aryl methyl sites for hydroxylation is 1. The molecular formula is C22H23F3N2O4S. The number of alkyl halides is 3. The van der Waals surface area contributed by atoms with Crippen LogP contribution in [0.25, 0.3) is 0 Å². The van der Waals surface area contributed by atoms with Gasteiger partial charge < -0.3 is 9.64 Å². The molecular weight excluding hydrogens is 445 g/mol. The Bertz CT molecular complexity index is 1110. The Balaban J connectivity index is 1.51. The van der Waals surface area contributed by atoms with Gasteiger partial charge in [-0.15, -0.1) is 0 Å². The molecule has 32 heavy (non-hydrogen) atoms. The zero-order valence-electron chi connectivity index (χ0n) is 17.4. The average molecular weight is 468 g/mol. The molecule has 2 fully saturated rings. The van der Waals surface area contributed by atoms with Crippen LogP contribution in [-0.2, 0) is 20.9 Å². The van der Waals surface area contributed by atoms with Crippen molar-refractivity contribution in [1.82, 2.24) is 9.21 Å². The Morgan fingerprint density at radius 3 is 2.31 bits per heavy atom. The fourth-order valence-corrected chi connectivity index (χ4v) is 5.96. The van der Waals surface area contributed by atoms with E-state index in [9.17, 15) is 26.4 Å². The number of hydrogen-bond acceptors (Lipinski definition) is 4. The second-order valence-corrected chi connectivity index (χ2v) is 9.92. The number of benzene rings is 2. The zero-order valence-corrected chi connectivity index (χ0v) is 18.2. The molecule has 0 aliphatic carbocycles. The SMILES string of the molecule is Cc1ccc(S(=O)(=O)N2CCOC23CCN(C(=O)c2cccc(C(F)(F)F)c2)CC3)cc1. The van der Waals surface area contributed by atoms with Crippen molar-refractivity contribution in [3.8, 4) is 0 Å². The van der Waals surface area contributed by atoms with Gasteiger partial charge in [-0.05, 0) is 37.3 Å². The molecule has 0 unspecified atom stereocenters. The number of halogens is 3. The van der Waals surface area contributed by atoms with Crippen molar-refractivity contribution >= 4 is 15.9 Å². The fourth-order valence-electron chi connectivity index (χ4n) is 4.24. The molecule has 0 radical (unpaired) electrons. The molecule has 2 aromatic rings. The number of rotatable bonds is 3. The summed E-state index contributed by atoms with van der Waals surface area (Å²) in [5.41, 5.74) is -1.05. The molecule has 0 atom stereocenters. The lowest BCUT2D eigenvalue weighted by Crippen LogP contribution is -2.55. The van der Waals surface area contributed by atoms with E-state index in [0.29, 0.717) is 0 Å². The third-order valence-corrected chi connectivity index (χ3v) is 7.96. The van der Waals surface area contributed by atoms with Gasteiger partial charge in [0.1, 0.15) is 5.72 Å². The smallest absolute Gasteiger partial charge is 0.358 e. The van der Waals surface area contributed by atoms with Gasteiger partial charge >= 0.3 is 6.18 Å². The van der Waals surface area contributed by atoms with E-state index in [0.717, 1.165) is 17.7 Å². The van der Waals surface area contributed by atoms with Crippen LogP contribution in [0.5, 0.6) is 0 Å². The van der Waals surface area contributed by atoms with E-state index in [1.54, 1.807) is 24.3 Å². The minimum Gasteiger partial charge on any atom is -0.358 e. The molecule has 2 aromatic carbocycles. The highest BCUT2D eigenvalue weighted by Gasteiger charge is 2.51. The summed E-state index contributed by atoms with van der Waals surface area (Å²) in [5.74, 6) is -0.517. The first-order chi connectivity index (χ1) is 15.0. The molecule has 2 saturated heterocycles. The topological polar surface area (TPSA) is 66.9 Å². The molecule has 2 aliphatic rings. The fraction of sp³-hybridized carbons (Fsp3) is 0.409. The molecule has 0 bridgehead atoms. The second kappa shape index (κ2) is 8.17. The van der Waals surface area contributed by atoms with Crippen LogP contribution in [0, 0.1) is 6.92 Å². The maximum Gasteiger partial charge on any atom is 0.416 e. The highest BCUT2D eigenvalue weighted by molar-refractivity contribution is 7.89. The second-order valence-electron chi connectivity index (χ2n) is 8.06. The Hall–Kier alpha value is -2.43. The van der Waals surface area contributed by atoms with Gasteiger partial charge in [-0.1, -0.05) is 23.8 Å². The average Bonchev–Trinajstić information content (AvgIpc) is 3.17. The van der Waals surface area contributed by atoms with Gasteiger partial charge in [-0.2, -0.15) is 17.5 Å². The van der Waals surface area contributed by atoms with E-state index in [2.05, 4.69) is 0 Å². The van der Waals surface area contributed by atoms with E-state index in [1.807, 2.05) is 6.92 Å². The van der Waals surface area contributed by atoms with E-state index in [4.69, 9.17) is 4.74 Å². The third-order valence-electron chi connectivity index (χ3n) is 6.00. The van der Waals surface area contributed by atoms with Crippen molar-refractivity contribution in [2.75, 3.05) is 26.2 Å². The number of ether oxygens (including phenoxy) is 1. The largest absolute Gasteiger partial charge is 0.416 e. The summed E-state index contributed by atoms with van der Waals surface area (Å²) in [5, 5.41) is 0. The van der Waals surface area contributed by atoms with E-state index >= 15 is 0 Å². The number of sulfonamides is 1. The predicted molar refractivity (Wildman–Crippen MR) is 110 cm³/mol. The van der Waals surface area contributed by atoms with Gasteiger partial charge in [-0.25, -0.2) is 8.42 Å². The van der Waals surface area contributed by atoms with Crippen LogP contribution in [0.1, 0.15) is 34.3 Å². The van der Waals surface area contributed by atoms with Crippen LogP contribution in [0.15, 0.2) is 53.4 Å². The minimum absolute atomic E-state index is 0.0488. The van der Waals surface area contributed by atoms with Gasteiger partial charge in [0.15, 0.2) is 0 Å². The maximum atomic E-state index is 13.2. The molecule has 2 heterocycles. The number of amides is 1. The maximum absolute atomic E-state index is 13.2. The molecule has 0 N–H and O–H groups in total. The standard InChI is InChI=1S/C22H23F3N2O4S/c1-16-5-7-19(8-6-16)32(29,30)27-13-14-31-21(27)9-11-26(12-10-21)20(28)17-3-2-4-18(15-17)22(23,24)25/h2-8,15H,9-14H2,1H3. The molecule has 172 valence electrons. The number of carbonyl (C=O) groups excluding carboxylic acids is 1. The monoisotopic (exact) mass is 468 g/mol. The van der Waals surface area contributed by atoms with Crippen LogP contribution >= 0.6 is 0 Å². The normalized spacial score (nSPS) is 19.4. The highest BCUT2D eigenvalue weighted by Crippen LogP contribution is 2.38. The minimum atomic E-state index is -4.54. The van der Waals surface area contributed by atoms with Crippen LogP contribution < -0.4 is 0 Å². The Labute approximate surface area is 184 Å². The summed E-state index contributed by atoms with van der Waals surface area (Å²) in [6, 6.07) is 10.9. The number of hydrogen-bond donors (Lipinski definition) is 0. The van der Waals surface area contributed by atoms with Crippen LogP contribution in [0.3, 0.4) is 0 Å². The lowest BCUT2D eigenvalue weighted by molar-refractivity contribution is -0.137. The predicted octanol–water partition coefficient (Wildman–Crippen LogP) is 3.67. The summed E-state index contributed by atoms with van der Waals surface area (Å²) in [6.07, 6.45) is -4.06. The third kappa shape index (κ3) is 4.14. The Morgan fingerprint density at radius 2 is 1.69 bits per heavy atom. The van der Waals surface area contributed by atoms with Gasteiger partial charge in [0, 0.05) is 38.0 Å². The first-order valence-electron chi connectivity index (χ1n) is 10.2. The summed E-state index contributed by atoms with van der Waals surface area (Å²) in [7, 11) is -3.80. The lowest BCUT2D eigenvalue weighted by atomic mass is 9.99. The molecule has 4 rings (SSSR count). The summed E-state index contributed by atoms with van der Waals surface area (Å²) < 4.78 is 72.7. The van der Waals surface area contributed by atoms with Crippen LogP contribution in [0.4, 0.5) is 13.2 Å². The Morgan fingerprint density at radius 1 is 1.03 bits per heavy atom. The molecule has 1 amide bonds. The summed E-state index contributed by atoms with van der Waals surface area (Å²) in [4.78, 5) is 14.4. The van der Waals surface area contributed by atoms with Gasteiger partial charge in [0.25, 0.3) is 5.91 Å². The molecule has 1 spiro atoms. The van der Waals surface area contributed by atoms with Crippen molar-refractivity contribution in [2.24, 2.45) is 0 Å². The lowest BCUT2D eigenvalue weighted by Gasteiger charge is -2.42. The van der Waals surface area contributed by atoms with Crippen molar-refractivity contribution in [1.29, 1.82) is 0 Å². The molecule has 10 heteroatoms. The molecule has 6 nitrogen and oxygen atoms in total. The van der Waals surface area contributed by atoms with E-state index in [-0.39, 0.29) is 49.5 Å². The van der Waals surface area contributed by atoms with Crippen LogP contribution in [0.2, 0.25) is 0 Å². The van der Waals surface area contributed by atoms with Crippen molar-refractivity contribution in [2.45, 2.75) is 36.6 Å². The molecule has 0 aromatic heterocycles. The number of nitrogens with zero attached hydrogens (tertiary/aromatic N) is 2. The molecule has 2 aliphatic heterocycles. The number of piperidine rings is 1. The van der Waals surface area contributed by atoms with Gasteiger partial charge in [-0.3, -0.25) is 4.79 Å². The van der Waals surface area contributed by atoms with Gasteiger partial charge in [0.2, 0.25) is 10.0 Å². The first-order valence-corrected chi connectivity index (χ1v) is 11.7. The number of likely N-dealkylation sites (tertiary alicyclic amines) is 1. The Kier molecular flexibility index (Phi) is 5.81. The molecule has 0 saturated carbocycles. The zero-order chi connectivity index (χ0) is 23.1. The van der Waals surface area contributed by atoms with Gasteiger partial charge in [0.05, 0.1) is 17.1 Å². The first kappa shape index (κ1) is 22.8. The number of carbonyl (C=O) groups is 1. The van der Waals surface area contributed by atoms with E-state index < -0.39 is 33.4 Å². The van der Waals surface area contributed by atoms with Crippen molar-refractivity contribution in [3.05, 3.63) is 65.2 Å². The summed E-state index contributed by atoms with van der Waals surface area (Å²) in [6.45, 7) is 2.67. The van der Waals surface area contributed by atoms with Crippen molar-refractivity contribution < 1.29 is 31.1 Å². The quantitative estimate of drug-likeness (QED) is 0.690. The van der Waals surface area contributed by atoms with E-state index in [1.165, 1.54) is 21.3 Å². The highest BCUT2D eigenvalue weighted by atomic mass is 32.2.